The molecule has 10 nitrogen and oxygen atoms in total. The summed E-state index contributed by atoms with van der Waals surface area (Å²) in [6.45, 7) is 2.37. The van der Waals surface area contributed by atoms with Crippen molar-refractivity contribution in [2.45, 2.75) is 19.6 Å². The fourth-order valence-electron chi connectivity index (χ4n) is 2.56. The molecule has 180 valence electrons. The van der Waals surface area contributed by atoms with Crippen LogP contribution in [-0.2, 0) is 11.3 Å². The van der Waals surface area contributed by atoms with Crippen molar-refractivity contribution in [2.75, 3.05) is 16.0 Å². The van der Waals surface area contributed by atoms with Crippen molar-refractivity contribution in [3.63, 3.8) is 0 Å². The Labute approximate surface area is 191 Å². The first kappa shape index (κ1) is 25.7. The Morgan fingerprint density at radius 2 is 1.74 bits per heavy atom. The van der Waals surface area contributed by atoms with E-state index in [1.165, 1.54) is 6.20 Å². The maximum Gasteiger partial charge on any atom is 0.490 e. The minimum absolute atomic E-state index is 0.224. The number of aromatic nitrogens is 2. The molecule has 0 bridgehead atoms. The number of hydrogen-bond donors (Lipinski definition) is 6. The van der Waals surface area contributed by atoms with Crippen LogP contribution in [-0.4, -0.2) is 39.4 Å². The van der Waals surface area contributed by atoms with Crippen molar-refractivity contribution in [1.82, 2.24) is 10.2 Å². The SMILES string of the molecule is Cc1ccccc1NC(=O)Nc1cccc(CNc2cn[nH]c2C(N)=O)c1.O=C(O)C(F)(F)F. The van der Waals surface area contributed by atoms with Crippen LogP contribution in [0, 0.1) is 6.92 Å². The molecule has 3 aromatic rings. The Kier molecular flexibility index (Phi) is 8.59. The van der Waals surface area contributed by atoms with Gasteiger partial charge in [0.05, 0.1) is 11.9 Å². The number of alkyl halides is 3. The molecule has 1 aromatic heterocycles. The molecule has 0 aliphatic rings. The van der Waals surface area contributed by atoms with Gasteiger partial charge >= 0.3 is 18.2 Å². The van der Waals surface area contributed by atoms with Crippen LogP contribution >= 0.6 is 0 Å². The number of nitrogens with two attached hydrogens (primary N) is 1. The van der Waals surface area contributed by atoms with E-state index in [1.54, 1.807) is 6.07 Å². The molecule has 0 radical (unpaired) electrons. The Hall–Kier alpha value is -4.55. The molecule has 34 heavy (non-hydrogen) atoms. The van der Waals surface area contributed by atoms with E-state index in [9.17, 15) is 22.8 Å². The van der Waals surface area contributed by atoms with Gasteiger partial charge in [0.25, 0.3) is 5.91 Å². The van der Waals surface area contributed by atoms with Gasteiger partial charge in [-0.2, -0.15) is 18.3 Å². The molecule has 7 N–H and O–H groups in total. The van der Waals surface area contributed by atoms with Crippen LogP contribution < -0.4 is 21.7 Å². The van der Waals surface area contributed by atoms with Crippen molar-refractivity contribution >= 4 is 35.0 Å². The maximum atomic E-state index is 12.2. The highest BCUT2D eigenvalue weighted by molar-refractivity contribution is 6.00. The van der Waals surface area contributed by atoms with Gasteiger partial charge in [0.15, 0.2) is 0 Å². The van der Waals surface area contributed by atoms with Crippen molar-refractivity contribution < 1.29 is 32.7 Å². The number of urea groups is 1. The molecular weight excluding hydrogens is 457 g/mol. The summed E-state index contributed by atoms with van der Waals surface area (Å²) in [5.74, 6) is -3.34. The Morgan fingerprint density at radius 3 is 2.35 bits per heavy atom. The Bertz CT molecular complexity index is 1160. The summed E-state index contributed by atoms with van der Waals surface area (Å²) in [6.07, 6.45) is -3.59. The zero-order valence-electron chi connectivity index (χ0n) is 17.7. The number of carbonyl (C=O) groups is 3. The number of anilines is 3. The summed E-state index contributed by atoms with van der Waals surface area (Å²) in [5, 5.41) is 22.2. The van der Waals surface area contributed by atoms with Gasteiger partial charge in [-0.05, 0) is 36.2 Å². The number of carbonyl (C=O) groups excluding carboxylic acids is 2. The van der Waals surface area contributed by atoms with E-state index < -0.39 is 18.1 Å². The Morgan fingerprint density at radius 1 is 1.06 bits per heavy atom. The van der Waals surface area contributed by atoms with Crippen LogP contribution in [0.5, 0.6) is 0 Å². The number of amides is 3. The van der Waals surface area contributed by atoms with E-state index in [-0.39, 0.29) is 11.7 Å². The smallest absolute Gasteiger partial charge is 0.475 e. The summed E-state index contributed by atoms with van der Waals surface area (Å²) >= 11 is 0. The average molecular weight is 478 g/mol. The number of halogens is 3. The number of carboxylic acid groups (broad SMARTS) is 1. The lowest BCUT2D eigenvalue weighted by Crippen LogP contribution is -2.21. The lowest BCUT2D eigenvalue weighted by molar-refractivity contribution is -0.192. The highest BCUT2D eigenvalue weighted by Crippen LogP contribution is 2.17. The fourth-order valence-corrected chi connectivity index (χ4v) is 2.56. The van der Waals surface area contributed by atoms with E-state index in [4.69, 9.17) is 15.6 Å². The number of primary amides is 1. The molecule has 0 saturated heterocycles. The van der Waals surface area contributed by atoms with Crippen LogP contribution in [0.4, 0.5) is 35.0 Å². The van der Waals surface area contributed by atoms with Gasteiger partial charge in [-0.3, -0.25) is 9.89 Å². The Balaban J connectivity index is 0.000000509. The first-order chi connectivity index (χ1) is 16.0. The molecule has 0 unspecified atom stereocenters. The van der Waals surface area contributed by atoms with Gasteiger partial charge < -0.3 is 26.8 Å². The number of benzene rings is 2. The quantitative estimate of drug-likeness (QED) is 0.316. The lowest BCUT2D eigenvalue weighted by atomic mass is 10.2. The first-order valence-corrected chi connectivity index (χ1v) is 9.57. The van der Waals surface area contributed by atoms with Gasteiger partial charge in [-0.25, -0.2) is 9.59 Å². The van der Waals surface area contributed by atoms with Crippen LogP contribution in [0.2, 0.25) is 0 Å². The standard InChI is InChI=1S/C19H20N6O2.C2HF3O2/c1-12-5-2-3-8-15(12)24-19(27)23-14-7-4-6-13(9-14)10-21-16-11-22-25-17(16)18(20)26;3-2(4,5)1(6)7/h2-9,11,21H,10H2,1H3,(H2,20,26)(H,22,25)(H2,23,24,27);(H,6,7). The number of H-pyrrole nitrogens is 1. The van der Waals surface area contributed by atoms with E-state index in [0.29, 0.717) is 17.9 Å². The molecule has 1 heterocycles. The van der Waals surface area contributed by atoms with Crippen molar-refractivity contribution in [3.05, 3.63) is 71.5 Å². The number of carboxylic acids is 1. The summed E-state index contributed by atoms with van der Waals surface area (Å²) in [6, 6.07) is 14.6. The topological polar surface area (TPSA) is 162 Å². The molecule has 0 aliphatic carbocycles. The molecule has 2 aromatic carbocycles. The van der Waals surface area contributed by atoms with Crippen LogP contribution in [0.15, 0.2) is 54.7 Å². The molecule has 0 saturated carbocycles. The molecule has 0 fully saturated rings. The molecule has 3 amide bonds. The third-order valence-electron chi connectivity index (χ3n) is 4.19. The van der Waals surface area contributed by atoms with E-state index >= 15 is 0 Å². The minimum atomic E-state index is -5.08. The highest BCUT2D eigenvalue weighted by atomic mass is 19.4. The molecule has 0 spiro atoms. The molecule has 0 aliphatic heterocycles. The highest BCUT2D eigenvalue weighted by Gasteiger charge is 2.38. The number of aryl methyl sites for hydroxylation is 1. The summed E-state index contributed by atoms with van der Waals surface area (Å²) < 4.78 is 31.7. The minimum Gasteiger partial charge on any atom is -0.475 e. The second-order valence-corrected chi connectivity index (χ2v) is 6.77. The predicted octanol–water partition coefficient (Wildman–Crippen LogP) is 3.71. The third kappa shape index (κ3) is 7.85. The number of aromatic amines is 1. The molecule has 13 heteroatoms. The summed E-state index contributed by atoms with van der Waals surface area (Å²) in [5.41, 5.74) is 9.34. The molecule has 3 rings (SSSR count). The summed E-state index contributed by atoms with van der Waals surface area (Å²) in [4.78, 5) is 32.4. The van der Waals surface area contributed by atoms with Gasteiger partial charge in [0, 0.05) is 17.9 Å². The second-order valence-electron chi connectivity index (χ2n) is 6.77. The lowest BCUT2D eigenvalue weighted by Gasteiger charge is -2.11. The van der Waals surface area contributed by atoms with Gasteiger partial charge in [0.2, 0.25) is 0 Å². The van der Waals surface area contributed by atoms with E-state index in [0.717, 1.165) is 16.8 Å². The number of nitrogens with zero attached hydrogens (tertiary/aromatic N) is 1. The first-order valence-electron chi connectivity index (χ1n) is 9.57. The van der Waals surface area contributed by atoms with E-state index in [1.807, 2.05) is 49.4 Å². The third-order valence-corrected chi connectivity index (χ3v) is 4.19. The zero-order valence-corrected chi connectivity index (χ0v) is 17.7. The van der Waals surface area contributed by atoms with Gasteiger partial charge in [-0.1, -0.05) is 30.3 Å². The number of nitrogens with one attached hydrogen (secondary N) is 4. The molecular formula is C21H21F3N6O4. The summed E-state index contributed by atoms with van der Waals surface area (Å²) in [7, 11) is 0. The van der Waals surface area contributed by atoms with Crippen LogP contribution in [0.3, 0.4) is 0 Å². The van der Waals surface area contributed by atoms with Gasteiger partial charge in [-0.15, -0.1) is 0 Å². The van der Waals surface area contributed by atoms with Crippen LogP contribution in [0.25, 0.3) is 0 Å². The average Bonchev–Trinajstić information content (AvgIpc) is 3.23. The normalized spacial score (nSPS) is 10.5. The largest absolute Gasteiger partial charge is 0.490 e. The van der Waals surface area contributed by atoms with Gasteiger partial charge in [0.1, 0.15) is 5.69 Å². The number of para-hydroxylation sites is 1. The van der Waals surface area contributed by atoms with E-state index in [2.05, 4.69) is 26.1 Å². The number of rotatable bonds is 6. The zero-order chi connectivity index (χ0) is 25.3. The fraction of sp³-hybridized carbons (Fsp3) is 0.143. The maximum absolute atomic E-state index is 12.2. The monoisotopic (exact) mass is 478 g/mol. The number of aliphatic carboxylic acids is 1. The van der Waals surface area contributed by atoms with Crippen molar-refractivity contribution in [1.29, 1.82) is 0 Å². The predicted molar refractivity (Wildman–Crippen MR) is 118 cm³/mol. The van der Waals surface area contributed by atoms with Crippen molar-refractivity contribution in [3.8, 4) is 0 Å². The van der Waals surface area contributed by atoms with Crippen molar-refractivity contribution in [2.24, 2.45) is 5.73 Å². The van der Waals surface area contributed by atoms with Crippen LogP contribution in [0.1, 0.15) is 21.6 Å². The molecule has 0 atom stereocenters. The second kappa shape index (κ2) is 11.4. The number of hydrogen-bond acceptors (Lipinski definition) is 5.